The summed E-state index contributed by atoms with van der Waals surface area (Å²) in [5.41, 5.74) is 3.06. The van der Waals surface area contributed by atoms with Crippen molar-refractivity contribution in [2.24, 2.45) is 11.8 Å². The van der Waals surface area contributed by atoms with Gasteiger partial charge in [0.2, 0.25) is 0 Å². The second-order valence-corrected chi connectivity index (χ2v) is 10.3. The zero-order chi connectivity index (χ0) is 26.4. The Balaban J connectivity index is 1.43. The maximum atomic E-state index is 12.5. The van der Waals surface area contributed by atoms with Crippen molar-refractivity contribution in [3.63, 3.8) is 0 Å². The number of benzene rings is 2. The molecule has 2 bridgehead atoms. The van der Waals surface area contributed by atoms with Gasteiger partial charge in [0, 0.05) is 38.6 Å². The molecule has 1 aliphatic carbocycles. The van der Waals surface area contributed by atoms with Crippen LogP contribution < -0.4 is 14.8 Å². The fourth-order valence-corrected chi connectivity index (χ4v) is 6.42. The van der Waals surface area contributed by atoms with Gasteiger partial charge in [-0.05, 0) is 86.4 Å². The molecule has 1 saturated carbocycles. The molecule has 4 rings (SSSR count). The minimum absolute atomic E-state index is 0.0537. The van der Waals surface area contributed by atoms with Gasteiger partial charge in [-0.1, -0.05) is 18.2 Å². The van der Waals surface area contributed by atoms with Crippen LogP contribution in [-0.2, 0) is 0 Å². The SMILES string of the molecule is CCNC(=O)N(C)C1C2CCC1CN(CCCC(c1ccc(C#N)cc1)c1ccc(OC)c(OC)c1)C2. The number of nitrogens with one attached hydrogen (secondary N) is 1. The summed E-state index contributed by atoms with van der Waals surface area (Å²) in [4.78, 5) is 17.0. The van der Waals surface area contributed by atoms with Crippen molar-refractivity contribution in [3.8, 4) is 17.6 Å². The summed E-state index contributed by atoms with van der Waals surface area (Å²) >= 11 is 0. The Morgan fingerprint density at radius 1 is 1.08 bits per heavy atom. The van der Waals surface area contributed by atoms with E-state index in [1.165, 1.54) is 24.0 Å². The van der Waals surface area contributed by atoms with Crippen LogP contribution in [-0.4, -0.2) is 69.3 Å². The second kappa shape index (κ2) is 12.3. The molecular formula is C30H40N4O3. The number of nitrogens with zero attached hydrogens (tertiary/aromatic N) is 3. The quantitative estimate of drug-likeness (QED) is 0.500. The molecule has 3 atom stereocenters. The van der Waals surface area contributed by atoms with E-state index in [2.05, 4.69) is 40.6 Å². The number of hydrogen-bond acceptors (Lipinski definition) is 5. The Bertz CT molecular complexity index is 1080. The van der Waals surface area contributed by atoms with Crippen molar-refractivity contribution in [3.05, 3.63) is 59.2 Å². The third kappa shape index (κ3) is 6.02. The molecule has 37 heavy (non-hydrogen) atoms. The average molecular weight is 505 g/mol. The molecule has 7 nitrogen and oxygen atoms in total. The van der Waals surface area contributed by atoms with Crippen LogP contribution in [0.25, 0.3) is 0 Å². The van der Waals surface area contributed by atoms with Gasteiger partial charge >= 0.3 is 6.03 Å². The lowest BCUT2D eigenvalue weighted by atomic mass is 9.86. The van der Waals surface area contributed by atoms with Gasteiger partial charge in [-0.25, -0.2) is 4.79 Å². The average Bonchev–Trinajstić information content (AvgIpc) is 3.19. The highest BCUT2D eigenvalue weighted by atomic mass is 16.5. The van der Waals surface area contributed by atoms with Crippen LogP contribution in [0.2, 0.25) is 0 Å². The number of likely N-dealkylation sites (tertiary alicyclic amines) is 1. The Kier molecular flexibility index (Phi) is 8.94. The third-order valence-corrected chi connectivity index (χ3v) is 8.17. The fraction of sp³-hybridized carbons (Fsp3) is 0.533. The first-order valence-corrected chi connectivity index (χ1v) is 13.4. The van der Waals surface area contributed by atoms with Gasteiger partial charge in [-0.3, -0.25) is 0 Å². The van der Waals surface area contributed by atoms with E-state index in [1.54, 1.807) is 14.2 Å². The van der Waals surface area contributed by atoms with Crippen LogP contribution in [0.15, 0.2) is 42.5 Å². The van der Waals surface area contributed by atoms with Gasteiger partial charge < -0.3 is 24.6 Å². The maximum absolute atomic E-state index is 12.5. The third-order valence-electron chi connectivity index (χ3n) is 8.17. The number of carbonyl (C=O) groups excluding carboxylic acids is 1. The first kappa shape index (κ1) is 26.8. The van der Waals surface area contributed by atoms with Gasteiger partial charge in [0.05, 0.1) is 25.9 Å². The summed E-state index contributed by atoms with van der Waals surface area (Å²) in [5.74, 6) is 2.75. The molecule has 198 valence electrons. The molecule has 1 N–H and O–H groups in total. The first-order chi connectivity index (χ1) is 18.0. The van der Waals surface area contributed by atoms with Crippen molar-refractivity contribution in [1.29, 1.82) is 5.26 Å². The number of fused-ring (bicyclic) bond motifs is 2. The summed E-state index contributed by atoms with van der Waals surface area (Å²) in [6, 6.07) is 16.7. The highest BCUT2D eigenvalue weighted by molar-refractivity contribution is 5.74. The molecule has 3 unspecified atom stereocenters. The molecule has 0 radical (unpaired) electrons. The van der Waals surface area contributed by atoms with Crippen LogP contribution in [0, 0.1) is 23.2 Å². The Morgan fingerprint density at radius 2 is 1.73 bits per heavy atom. The summed E-state index contributed by atoms with van der Waals surface area (Å²) in [7, 11) is 5.28. The number of ether oxygens (including phenoxy) is 2. The summed E-state index contributed by atoms with van der Waals surface area (Å²) in [6.45, 7) is 5.80. The molecule has 1 saturated heterocycles. The highest BCUT2D eigenvalue weighted by Crippen LogP contribution is 2.40. The van der Waals surface area contributed by atoms with Gasteiger partial charge in [-0.2, -0.15) is 5.26 Å². The number of carbonyl (C=O) groups is 1. The Morgan fingerprint density at radius 3 is 2.32 bits per heavy atom. The standard InChI is InChI=1S/C30H40N4O3/c1-5-32-30(35)33(2)29-24-12-13-25(29)20-34(19-24)16-6-7-26(22-10-8-21(18-31)9-11-22)23-14-15-27(36-3)28(17-23)37-4/h8-11,14-15,17,24-26,29H,5-7,12-13,16,19-20H2,1-4H3,(H,32,35). The van der Waals surface area contributed by atoms with E-state index < -0.39 is 0 Å². The smallest absolute Gasteiger partial charge is 0.317 e. The van der Waals surface area contributed by atoms with E-state index in [4.69, 9.17) is 9.47 Å². The monoisotopic (exact) mass is 504 g/mol. The van der Waals surface area contributed by atoms with E-state index in [-0.39, 0.29) is 11.9 Å². The van der Waals surface area contributed by atoms with Crippen LogP contribution >= 0.6 is 0 Å². The molecule has 2 aromatic rings. The molecule has 2 aliphatic rings. The number of rotatable bonds is 10. The van der Waals surface area contributed by atoms with Gasteiger partial charge in [-0.15, -0.1) is 0 Å². The van der Waals surface area contributed by atoms with Crippen LogP contribution in [0.3, 0.4) is 0 Å². The molecule has 2 amide bonds. The van der Waals surface area contributed by atoms with E-state index in [0.717, 1.165) is 44.0 Å². The van der Waals surface area contributed by atoms with Crippen molar-refractivity contribution in [1.82, 2.24) is 15.1 Å². The van der Waals surface area contributed by atoms with Crippen LogP contribution in [0.5, 0.6) is 11.5 Å². The molecular weight excluding hydrogens is 464 g/mol. The fourth-order valence-electron chi connectivity index (χ4n) is 6.42. The number of urea groups is 1. The molecule has 0 spiro atoms. The lowest BCUT2D eigenvalue weighted by molar-refractivity contribution is 0.0758. The lowest BCUT2D eigenvalue weighted by Crippen LogP contribution is -2.55. The molecule has 2 fully saturated rings. The molecule has 7 heteroatoms. The van der Waals surface area contributed by atoms with Gasteiger partial charge in [0.25, 0.3) is 0 Å². The first-order valence-electron chi connectivity index (χ1n) is 13.4. The topological polar surface area (TPSA) is 77.8 Å². The summed E-state index contributed by atoms with van der Waals surface area (Å²) in [6.07, 6.45) is 4.47. The molecule has 1 aliphatic heterocycles. The van der Waals surface area contributed by atoms with Crippen molar-refractivity contribution < 1.29 is 14.3 Å². The van der Waals surface area contributed by atoms with E-state index >= 15 is 0 Å². The Labute approximate surface area is 221 Å². The molecule has 2 aromatic carbocycles. The number of nitriles is 1. The predicted molar refractivity (Wildman–Crippen MR) is 145 cm³/mol. The summed E-state index contributed by atoms with van der Waals surface area (Å²) < 4.78 is 11.0. The number of amides is 2. The number of piperidine rings is 1. The van der Waals surface area contributed by atoms with Crippen molar-refractivity contribution in [2.75, 3.05) is 47.4 Å². The van der Waals surface area contributed by atoms with Crippen molar-refractivity contribution >= 4 is 6.03 Å². The van der Waals surface area contributed by atoms with E-state index in [0.29, 0.717) is 30.0 Å². The minimum Gasteiger partial charge on any atom is -0.493 e. The number of hydrogen-bond donors (Lipinski definition) is 1. The van der Waals surface area contributed by atoms with E-state index in [9.17, 15) is 10.1 Å². The maximum Gasteiger partial charge on any atom is 0.317 e. The number of methoxy groups -OCH3 is 2. The van der Waals surface area contributed by atoms with Gasteiger partial charge in [0.15, 0.2) is 11.5 Å². The van der Waals surface area contributed by atoms with Crippen molar-refractivity contribution in [2.45, 2.75) is 44.6 Å². The van der Waals surface area contributed by atoms with Gasteiger partial charge in [0.1, 0.15) is 0 Å². The van der Waals surface area contributed by atoms with Crippen LogP contribution in [0.4, 0.5) is 4.79 Å². The zero-order valence-electron chi connectivity index (χ0n) is 22.6. The van der Waals surface area contributed by atoms with Crippen LogP contribution in [0.1, 0.15) is 55.2 Å². The summed E-state index contributed by atoms with van der Waals surface area (Å²) in [5, 5.41) is 12.2. The minimum atomic E-state index is 0.0537. The largest absolute Gasteiger partial charge is 0.493 e. The van der Waals surface area contributed by atoms with E-state index in [1.807, 2.05) is 37.1 Å². The predicted octanol–water partition coefficient (Wildman–Crippen LogP) is 4.86. The second-order valence-electron chi connectivity index (χ2n) is 10.3. The highest BCUT2D eigenvalue weighted by Gasteiger charge is 2.45. The zero-order valence-corrected chi connectivity index (χ0v) is 22.6. The normalized spacial score (nSPS) is 21.6. The lowest BCUT2D eigenvalue weighted by Gasteiger charge is -2.42. The molecule has 1 heterocycles. The molecule has 0 aromatic heterocycles. The Hall–Kier alpha value is -3.24.